The number of aromatic amines is 1. The van der Waals surface area contributed by atoms with E-state index in [1.54, 1.807) is 6.07 Å². The van der Waals surface area contributed by atoms with Crippen molar-refractivity contribution in [1.29, 1.82) is 0 Å². The van der Waals surface area contributed by atoms with Gasteiger partial charge in [-0.05, 0) is 6.07 Å². The SMILES string of the molecule is COC(=O)C[C@@H](O)c1ccn[nH]1. The van der Waals surface area contributed by atoms with Crippen LogP contribution in [-0.4, -0.2) is 28.4 Å². The largest absolute Gasteiger partial charge is 0.469 e. The number of hydrogen-bond donors (Lipinski definition) is 2. The Hall–Kier alpha value is -1.36. The first kappa shape index (κ1) is 8.73. The molecule has 1 rings (SSSR count). The summed E-state index contributed by atoms with van der Waals surface area (Å²) in [6.07, 6.45) is 0.592. The minimum absolute atomic E-state index is 0.0569. The van der Waals surface area contributed by atoms with Crippen LogP contribution in [0, 0.1) is 0 Å². The fourth-order valence-corrected chi connectivity index (χ4v) is 0.803. The van der Waals surface area contributed by atoms with Crippen molar-refractivity contribution in [1.82, 2.24) is 10.2 Å². The average molecular weight is 170 g/mol. The zero-order chi connectivity index (χ0) is 8.97. The molecule has 0 unspecified atom stereocenters. The van der Waals surface area contributed by atoms with Gasteiger partial charge in [-0.1, -0.05) is 0 Å². The number of hydrogen-bond acceptors (Lipinski definition) is 4. The number of rotatable bonds is 3. The molecule has 0 aliphatic rings. The number of carbonyl (C=O) groups is 1. The maximum atomic E-state index is 10.7. The molecule has 0 saturated heterocycles. The zero-order valence-corrected chi connectivity index (χ0v) is 6.65. The molecule has 0 aliphatic carbocycles. The summed E-state index contributed by atoms with van der Waals surface area (Å²) in [4.78, 5) is 10.7. The van der Waals surface area contributed by atoms with Crippen molar-refractivity contribution >= 4 is 5.97 Å². The van der Waals surface area contributed by atoms with Crippen LogP contribution in [0.3, 0.4) is 0 Å². The molecule has 1 aromatic heterocycles. The molecule has 5 nitrogen and oxygen atoms in total. The number of H-pyrrole nitrogens is 1. The Morgan fingerprint density at radius 3 is 3.17 bits per heavy atom. The van der Waals surface area contributed by atoms with Gasteiger partial charge in [0.1, 0.15) is 6.10 Å². The Kier molecular flexibility index (Phi) is 2.82. The molecule has 0 aromatic carbocycles. The van der Waals surface area contributed by atoms with E-state index in [0.717, 1.165) is 0 Å². The third kappa shape index (κ3) is 2.06. The van der Waals surface area contributed by atoms with Gasteiger partial charge in [0.25, 0.3) is 0 Å². The fourth-order valence-electron chi connectivity index (χ4n) is 0.803. The highest BCUT2D eigenvalue weighted by atomic mass is 16.5. The second-order valence-electron chi connectivity index (χ2n) is 2.31. The molecular weight excluding hydrogens is 160 g/mol. The number of ether oxygens (including phenoxy) is 1. The van der Waals surface area contributed by atoms with E-state index in [0.29, 0.717) is 5.69 Å². The summed E-state index contributed by atoms with van der Waals surface area (Å²) < 4.78 is 4.39. The Labute approximate surface area is 69.4 Å². The van der Waals surface area contributed by atoms with Gasteiger partial charge in [-0.2, -0.15) is 5.10 Å². The Bertz CT molecular complexity index is 245. The summed E-state index contributed by atoms with van der Waals surface area (Å²) in [5.74, 6) is -0.447. The van der Waals surface area contributed by atoms with Crippen LogP contribution >= 0.6 is 0 Å². The van der Waals surface area contributed by atoms with Crippen molar-refractivity contribution in [3.63, 3.8) is 0 Å². The molecule has 66 valence electrons. The van der Waals surface area contributed by atoms with E-state index in [4.69, 9.17) is 0 Å². The molecule has 1 aromatic rings. The predicted octanol–water partition coefficient (Wildman–Crippen LogP) is 0.00620. The van der Waals surface area contributed by atoms with Crippen LogP contribution < -0.4 is 0 Å². The van der Waals surface area contributed by atoms with Crippen LogP contribution in [0.2, 0.25) is 0 Å². The van der Waals surface area contributed by atoms with E-state index >= 15 is 0 Å². The molecule has 1 atom stereocenters. The monoisotopic (exact) mass is 170 g/mol. The molecule has 5 heteroatoms. The topological polar surface area (TPSA) is 75.2 Å². The average Bonchev–Trinajstić information content (AvgIpc) is 2.56. The number of carbonyl (C=O) groups excluding carboxylic acids is 1. The van der Waals surface area contributed by atoms with Gasteiger partial charge in [-0.3, -0.25) is 9.89 Å². The van der Waals surface area contributed by atoms with Crippen LogP contribution in [0.4, 0.5) is 0 Å². The lowest BCUT2D eigenvalue weighted by molar-refractivity contribution is -0.142. The lowest BCUT2D eigenvalue weighted by atomic mass is 10.2. The van der Waals surface area contributed by atoms with Crippen LogP contribution in [-0.2, 0) is 9.53 Å². The fraction of sp³-hybridized carbons (Fsp3) is 0.429. The van der Waals surface area contributed by atoms with Gasteiger partial charge < -0.3 is 9.84 Å². The summed E-state index contributed by atoms with van der Waals surface area (Å²) in [5.41, 5.74) is 0.514. The first-order chi connectivity index (χ1) is 5.74. The van der Waals surface area contributed by atoms with E-state index in [2.05, 4.69) is 14.9 Å². The van der Waals surface area contributed by atoms with Crippen LogP contribution in [0.1, 0.15) is 18.2 Å². The highest BCUT2D eigenvalue weighted by molar-refractivity contribution is 5.69. The molecule has 0 fully saturated rings. The minimum Gasteiger partial charge on any atom is -0.469 e. The molecule has 0 aliphatic heterocycles. The maximum Gasteiger partial charge on any atom is 0.308 e. The molecule has 1 heterocycles. The predicted molar refractivity (Wildman–Crippen MR) is 40.2 cm³/mol. The smallest absolute Gasteiger partial charge is 0.308 e. The summed E-state index contributed by atoms with van der Waals surface area (Å²) in [5, 5.41) is 15.5. The molecule has 0 saturated carbocycles. The first-order valence-electron chi connectivity index (χ1n) is 3.48. The summed E-state index contributed by atoms with van der Waals surface area (Å²) >= 11 is 0. The lowest BCUT2D eigenvalue weighted by Crippen LogP contribution is -2.08. The number of methoxy groups -OCH3 is 1. The van der Waals surface area contributed by atoms with Crippen LogP contribution in [0.25, 0.3) is 0 Å². The lowest BCUT2D eigenvalue weighted by Gasteiger charge is -2.05. The Morgan fingerprint density at radius 2 is 2.67 bits per heavy atom. The molecule has 0 spiro atoms. The van der Waals surface area contributed by atoms with E-state index in [1.165, 1.54) is 13.3 Å². The number of aromatic nitrogens is 2. The van der Waals surface area contributed by atoms with Crippen molar-refractivity contribution in [2.24, 2.45) is 0 Å². The van der Waals surface area contributed by atoms with Gasteiger partial charge in [0.15, 0.2) is 0 Å². The van der Waals surface area contributed by atoms with Gasteiger partial charge in [-0.25, -0.2) is 0 Å². The van der Waals surface area contributed by atoms with Crippen molar-refractivity contribution < 1.29 is 14.6 Å². The molecule has 0 bridgehead atoms. The number of nitrogens with zero attached hydrogens (tertiary/aromatic N) is 1. The van der Waals surface area contributed by atoms with E-state index in [9.17, 15) is 9.90 Å². The Morgan fingerprint density at radius 1 is 1.92 bits per heavy atom. The van der Waals surface area contributed by atoms with Crippen molar-refractivity contribution in [2.45, 2.75) is 12.5 Å². The Balaban J connectivity index is 2.49. The van der Waals surface area contributed by atoms with Gasteiger partial charge in [0, 0.05) is 6.20 Å². The number of esters is 1. The molecular formula is C7H10N2O3. The van der Waals surface area contributed by atoms with Gasteiger partial charge in [0.05, 0.1) is 19.2 Å². The second-order valence-corrected chi connectivity index (χ2v) is 2.31. The quantitative estimate of drug-likeness (QED) is 0.626. The van der Waals surface area contributed by atoms with Gasteiger partial charge >= 0.3 is 5.97 Å². The van der Waals surface area contributed by atoms with Gasteiger partial charge in [-0.15, -0.1) is 0 Å². The zero-order valence-electron chi connectivity index (χ0n) is 6.65. The number of aliphatic hydroxyl groups is 1. The van der Waals surface area contributed by atoms with Crippen molar-refractivity contribution in [3.8, 4) is 0 Å². The van der Waals surface area contributed by atoms with Crippen molar-refractivity contribution in [3.05, 3.63) is 18.0 Å². The third-order valence-corrected chi connectivity index (χ3v) is 1.47. The highest BCUT2D eigenvalue weighted by Crippen LogP contribution is 2.12. The van der Waals surface area contributed by atoms with E-state index in [1.807, 2.05) is 0 Å². The maximum absolute atomic E-state index is 10.7. The van der Waals surface area contributed by atoms with Crippen LogP contribution in [0.5, 0.6) is 0 Å². The molecule has 0 radical (unpaired) electrons. The van der Waals surface area contributed by atoms with E-state index < -0.39 is 12.1 Å². The summed E-state index contributed by atoms with van der Waals surface area (Å²) in [6, 6.07) is 1.60. The van der Waals surface area contributed by atoms with Gasteiger partial charge in [0.2, 0.25) is 0 Å². The van der Waals surface area contributed by atoms with Crippen LogP contribution in [0.15, 0.2) is 12.3 Å². The summed E-state index contributed by atoms with van der Waals surface area (Å²) in [6.45, 7) is 0. The first-order valence-corrected chi connectivity index (χ1v) is 3.48. The second kappa shape index (κ2) is 3.87. The number of aliphatic hydroxyl groups excluding tert-OH is 1. The standard InChI is InChI=1S/C7H10N2O3/c1-12-7(11)4-6(10)5-2-3-8-9-5/h2-3,6,10H,4H2,1H3,(H,8,9)/t6-/m1/s1. The third-order valence-electron chi connectivity index (χ3n) is 1.47. The number of nitrogens with one attached hydrogen (secondary N) is 1. The normalized spacial score (nSPS) is 12.5. The van der Waals surface area contributed by atoms with Crippen molar-refractivity contribution in [2.75, 3.05) is 7.11 Å². The van der Waals surface area contributed by atoms with E-state index in [-0.39, 0.29) is 6.42 Å². The minimum atomic E-state index is -0.861. The molecule has 0 amide bonds. The molecule has 2 N–H and O–H groups in total. The summed E-state index contributed by atoms with van der Waals surface area (Å²) in [7, 11) is 1.28. The highest BCUT2D eigenvalue weighted by Gasteiger charge is 2.13. The molecule has 12 heavy (non-hydrogen) atoms.